The van der Waals surface area contributed by atoms with Crippen LogP contribution in [-0.4, -0.2) is 17.2 Å². The van der Waals surface area contributed by atoms with Crippen molar-refractivity contribution in [1.29, 1.82) is 0 Å². The Hall–Kier alpha value is -2.98. The summed E-state index contributed by atoms with van der Waals surface area (Å²) in [7, 11) is 0. The summed E-state index contributed by atoms with van der Waals surface area (Å²) in [4.78, 5) is 11.7. The fraction of sp³-hybridized carbons (Fsp3) is 0.0952. The molecule has 0 saturated heterocycles. The number of hydrogen-bond donors (Lipinski definition) is 1. The van der Waals surface area contributed by atoms with Gasteiger partial charge in [-0.25, -0.2) is 4.79 Å². The molecule has 0 bridgehead atoms. The number of para-hydroxylation sites is 2. The van der Waals surface area contributed by atoms with Gasteiger partial charge in [0.25, 0.3) is 0 Å². The number of halogens is 1. The van der Waals surface area contributed by atoms with Crippen LogP contribution in [0.5, 0.6) is 17.2 Å². The van der Waals surface area contributed by atoms with Gasteiger partial charge in [0, 0.05) is 17.0 Å². The van der Waals surface area contributed by atoms with Gasteiger partial charge in [0.2, 0.25) is 0 Å². The van der Waals surface area contributed by atoms with Gasteiger partial charge in [-0.05, 0) is 42.5 Å². The molecule has 0 spiro atoms. The summed E-state index contributed by atoms with van der Waals surface area (Å²) in [6, 6.07) is 23.3. The number of benzene rings is 3. The number of ether oxygens (including phenoxy) is 2. The molecule has 4 nitrogen and oxygen atoms in total. The number of aliphatic carboxylic acids is 1. The van der Waals surface area contributed by atoms with Gasteiger partial charge in [0.1, 0.15) is 17.2 Å². The summed E-state index contributed by atoms with van der Waals surface area (Å²) >= 11 is 6.10. The van der Waals surface area contributed by atoms with Crippen LogP contribution in [0.15, 0.2) is 78.9 Å². The molecule has 3 aromatic carbocycles. The molecule has 0 aromatic heterocycles. The van der Waals surface area contributed by atoms with E-state index in [1.807, 2.05) is 36.4 Å². The zero-order valence-electron chi connectivity index (χ0n) is 13.8. The number of hydrogen-bond acceptors (Lipinski definition) is 3. The molecule has 0 fully saturated rings. The molecule has 3 aromatic rings. The summed E-state index contributed by atoms with van der Waals surface area (Å²) in [6.07, 6.45) is -0.943. The van der Waals surface area contributed by atoms with Crippen molar-refractivity contribution < 1.29 is 19.4 Å². The van der Waals surface area contributed by atoms with E-state index in [1.54, 1.807) is 42.5 Å². The standard InChI is InChI=1S/C21H17ClO4/c22-16-11-12-19(25-17-7-3-1-4-8-17)15(13-16)14-20(21(23)24)26-18-9-5-2-6-10-18/h1-13,20H,14H2,(H,23,24)/t20-/m0/s1. The van der Waals surface area contributed by atoms with E-state index < -0.39 is 12.1 Å². The van der Waals surface area contributed by atoms with Crippen LogP contribution in [0, 0.1) is 0 Å². The Kier molecular flexibility index (Phi) is 5.77. The Morgan fingerprint density at radius 1 is 0.923 bits per heavy atom. The molecular weight excluding hydrogens is 352 g/mol. The highest BCUT2D eigenvalue weighted by atomic mass is 35.5. The fourth-order valence-electron chi connectivity index (χ4n) is 2.47. The van der Waals surface area contributed by atoms with Crippen molar-refractivity contribution in [3.05, 3.63) is 89.4 Å². The van der Waals surface area contributed by atoms with Gasteiger partial charge in [0.05, 0.1) is 0 Å². The monoisotopic (exact) mass is 368 g/mol. The van der Waals surface area contributed by atoms with Crippen LogP contribution in [0.2, 0.25) is 5.02 Å². The third-order valence-corrected chi connectivity index (χ3v) is 3.93. The normalized spacial score (nSPS) is 11.6. The number of rotatable bonds is 7. The van der Waals surface area contributed by atoms with E-state index in [4.69, 9.17) is 21.1 Å². The first kappa shape index (κ1) is 17.8. The lowest BCUT2D eigenvalue weighted by Crippen LogP contribution is -2.29. The third kappa shape index (κ3) is 4.77. The Morgan fingerprint density at radius 3 is 2.15 bits per heavy atom. The third-order valence-electron chi connectivity index (χ3n) is 3.70. The van der Waals surface area contributed by atoms with Gasteiger partial charge in [-0.2, -0.15) is 0 Å². The van der Waals surface area contributed by atoms with E-state index >= 15 is 0 Å². The Bertz CT molecular complexity index is 866. The first-order valence-electron chi connectivity index (χ1n) is 8.07. The van der Waals surface area contributed by atoms with Crippen molar-refractivity contribution in [2.45, 2.75) is 12.5 Å². The largest absolute Gasteiger partial charge is 0.478 e. The quantitative estimate of drug-likeness (QED) is 0.622. The molecule has 0 amide bonds. The maximum absolute atomic E-state index is 11.7. The van der Waals surface area contributed by atoms with Gasteiger partial charge in [-0.3, -0.25) is 0 Å². The predicted molar refractivity (Wildman–Crippen MR) is 100 cm³/mol. The summed E-state index contributed by atoms with van der Waals surface area (Å²) < 4.78 is 11.5. The minimum Gasteiger partial charge on any atom is -0.478 e. The van der Waals surface area contributed by atoms with E-state index in [2.05, 4.69) is 0 Å². The summed E-state index contributed by atoms with van der Waals surface area (Å²) in [5.74, 6) is 0.641. The Balaban J connectivity index is 1.84. The molecule has 0 saturated carbocycles. The lowest BCUT2D eigenvalue weighted by Gasteiger charge is -2.17. The van der Waals surface area contributed by atoms with E-state index in [9.17, 15) is 9.90 Å². The molecule has 0 radical (unpaired) electrons. The van der Waals surface area contributed by atoms with E-state index in [0.717, 1.165) is 0 Å². The minimum absolute atomic E-state index is 0.118. The maximum Gasteiger partial charge on any atom is 0.345 e. The van der Waals surface area contributed by atoms with Crippen LogP contribution in [0.4, 0.5) is 0 Å². The SMILES string of the molecule is O=C(O)[C@H](Cc1cc(Cl)ccc1Oc1ccccc1)Oc1ccccc1. The Morgan fingerprint density at radius 2 is 1.54 bits per heavy atom. The fourth-order valence-corrected chi connectivity index (χ4v) is 2.66. The molecule has 0 unspecified atom stereocenters. The van der Waals surface area contributed by atoms with Crippen molar-refractivity contribution in [2.24, 2.45) is 0 Å². The molecule has 0 aliphatic heterocycles. The molecule has 3 rings (SSSR count). The minimum atomic E-state index is -1.06. The summed E-state index contributed by atoms with van der Waals surface area (Å²) in [6.45, 7) is 0. The number of carbonyl (C=O) groups is 1. The highest BCUT2D eigenvalue weighted by Gasteiger charge is 2.22. The van der Waals surface area contributed by atoms with Gasteiger partial charge >= 0.3 is 5.97 Å². The van der Waals surface area contributed by atoms with Crippen LogP contribution < -0.4 is 9.47 Å². The topological polar surface area (TPSA) is 55.8 Å². The van der Waals surface area contributed by atoms with Gasteiger partial charge in [-0.1, -0.05) is 48.0 Å². The van der Waals surface area contributed by atoms with Crippen molar-refractivity contribution in [3.8, 4) is 17.2 Å². The van der Waals surface area contributed by atoms with Gasteiger partial charge in [-0.15, -0.1) is 0 Å². The van der Waals surface area contributed by atoms with Crippen LogP contribution in [0.1, 0.15) is 5.56 Å². The highest BCUT2D eigenvalue weighted by molar-refractivity contribution is 6.30. The summed E-state index contributed by atoms with van der Waals surface area (Å²) in [5.41, 5.74) is 0.657. The smallest absolute Gasteiger partial charge is 0.345 e. The van der Waals surface area contributed by atoms with Crippen molar-refractivity contribution in [2.75, 3.05) is 0 Å². The zero-order valence-corrected chi connectivity index (χ0v) is 14.6. The molecule has 1 N–H and O–H groups in total. The first-order valence-corrected chi connectivity index (χ1v) is 8.45. The summed E-state index contributed by atoms with van der Waals surface area (Å²) in [5, 5.41) is 10.1. The van der Waals surface area contributed by atoms with E-state index in [-0.39, 0.29) is 6.42 Å². The second-order valence-corrected chi connectivity index (χ2v) is 6.07. The lowest BCUT2D eigenvalue weighted by atomic mass is 10.1. The molecule has 1 atom stereocenters. The first-order chi connectivity index (χ1) is 12.6. The van der Waals surface area contributed by atoms with Crippen molar-refractivity contribution in [3.63, 3.8) is 0 Å². The lowest BCUT2D eigenvalue weighted by molar-refractivity contribution is -0.145. The molecule has 5 heteroatoms. The van der Waals surface area contributed by atoms with E-state index in [0.29, 0.717) is 27.8 Å². The molecular formula is C21H17ClO4. The number of carboxylic acid groups (broad SMARTS) is 1. The van der Waals surface area contributed by atoms with E-state index in [1.165, 1.54) is 0 Å². The van der Waals surface area contributed by atoms with Crippen LogP contribution in [-0.2, 0) is 11.2 Å². The average molecular weight is 369 g/mol. The molecule has 0 aliphatic rings. The predicted octanol–water partition coefficient (Wildman–Crippen LogP) is 5.21. The van der Waals surface area contributed by atoms with Crippen LogP contribution >= 0.6 is 11.6 Å². The van der Waals surface area contributed by atoms with Crippen LogP contribution in [0.25, 0.3) is 0 Å². The van der Waals surface area contributed by atoms with Gasteiger partial charge in [0.15, 0.2) is 6.10 Å². The maximum atomic E-state index is 11.7. The Labute approximate surface area is 156 Å². The number of carboxylic acids is 1. The molecule has 26 heavy (non-hydrogen) atoms. The van der Waals surface area contributed by atoms with Gasteiger partial charge < -0.3 is 14.6 Å². The van der Waals surface area contributed by atoms with Crippen LogP contribution in [0.3, 0.4) is 0 Å². The van der Waals surface area contributed by atoms with Crippen molar-refractivity contribution >= 4 is 17.6 Å². The average Bonchev–Trinajstić information content (AvgIpc) is 2.65. The highest BCUT2D eigenvalue weighted by Crippen LogP contribution is 2.29. The van der Waals surface area contributed by atoms with Crippen molar-refractivity contribution in [1.82, 2.24) is 0 Å². The molecule has 132 valence electrons. The second-order valence-electron chi connectivity index (χ2n) is 5.63. The molecule has 0 aliphatic carbocycles. The molecule has 0 heterocycles. The zero-order chi connectivity index (χ0) is 18.4. The second kappa shape index (κ2) is 8.41.